The van der Waals surface area contributed by atoms with E-state index in [0.717, 1.165) is 57.3 Å². The Hall–Kier alpha value is -2.47. The van der Waals surface area contributed by atoms with Crippen LogP contribution in [0.4, 0.5) is 0 Å². The van der Waals surface area contributed by atoms with Crippen molar-refractivity contribution in [3.8, 4) is 22.9 Å². The van der Waals surface area contributed by atoms with Gasteiger partial charge in [0.2, 0.25) is 0 Å². The SMILES string of the molecule is CCCCCC(=O)Oc1ccc(-c2ncc(OCCCCOCCC)cn2)cc1. The van der Waals surface area contributed by atoms with Gasteiger partial charge in [0, 0.05) is 25.2 Å². The third kappa shape index (κ3) is 9.05. The van der Waals surface area contributed by atoms with Crippen molar-refractivity contribution in [3.05, 3.63) is 36.7 Å². The van der Waals surface area contributed by atoms with E-state index in [1.54, 1.807) is 24.5 Å². The van der Waals surface area contributed by atoms with E-state index in [-0.39, 0.29) is 5.97 Å². The highest BCUT2D eigenvalue weighted by Gasteiger charge is 2.06. The molecule has 0 aliphatic carbocycles. The maximum Gasteiger partial charge on any atom is 0.311 e. The van der Waals surface area contributed by atoms with Crippen molar-refractivity contribution in [1.82, 2.24) is 9.97 Å². The molecule has 158 valence electrons. The molecule has 0 fully saturated rings. The van der Waals surface area contributed by atoms with Gasteiger partial charge in [-0.25, -0.2) is 9.97 Å². The van der Waals surface area contributed by atoms with Gasteiger partial charge in [-0.2, -0.15) is 0 Å². The monoisotopic (exact) mass is 400 g/mol. The number of rotatable bonds is 14. The van der Waals surface area contributed by atoms with Gasteiger partial charge in [-0.05, 0) is 49.9 Å². The van der Waals surface area contributed by atoms with Crippen molar-refractivity contribution >= 4 is 5.97 Å². The van der Waals surface area contributed by atoms with Crippen molar-refractivity contribution in [1.29, 1.82) is 0 Å². The predicted octanol–water partition coefficient (Wildman–Crippen LogP) is 5.21. The smallest absolute Gasteiger partial charge is 0.311 e. The highest BCUT2D eigenvalue weighted by Crippen LogP contribution is 2.21. The highest BCUT2D eigenvalue weighted by atomic mass is 16.5. The summed E-state index contributed by atoms with van der Waals surface area (Å²) >= 11 is 0. The lowest BCUT2D eigenvalue weighted by Crippen LogP contribution is -2.07. The van der Waals surface area contributed by atoms with Crippen LogP contribution in [0, 0.1) is 0 Å². The van der Waals surface area contributed by atoms with Gasteiger partial charge in [0.15, 0.2) is 11.6 Å². The van der Waals surface area contributed by atoms with Crippen LogP contribution in [-0.4, -0.2) is 35.8 Å². The molecule has 6 nitrogen and oxygen atoms in total. The van der Waals surface area contributed by atoms with E-state index < -0.39 is 0 Å². The molecule has 0 unspecified atom stereocenters. The second-order valence-corrected chi connectivity index (χ2v) is 6.87. The number of hydrogen-bond acceptors (Lipinski definition) is 6. The number of aromatic nitrogens is 2. The van der Waals surface area contributed by atoms with Crippen LogP contribution in [0.15, 0.2) is 36.7 Å². The fraction of sp³-hybridized carbons (Fsp3) is 0.522. The van der Waals surface area contributed by atoms with Crippen molar-refractivity contribution in [2.75, 3.05) is 19.8 Å². The Balaban J connectivity index is 1.75. The quantitative estimate of drug-likeness (QED) is 0.246. The number of benzene rings is 1. The Morgan fingerprint density at radius 1 is 0.828 bits per heavy atom. The molecule has 0 aliphatic heterocycles. The van der Waals surface area contributed by atoms with Gasteiger partial charge in [0.1, 0.15) is 5.75 Å². The first-order chi connectivity index (χ1) is 14.2. The van der Waals surface area contributed by atoms with E-state index in [9.17, 15) is 4.79 Å². The molecular weight excluding hydrogens is 368 g/mol. The lowest BCUT2D eigenvalue weighted by Gasteiger charge is -2.07. The van der Waals surface area contributed by atoms with Crippen molar-refractivity contribution in [3.63, 3.8) is 0 Å². The van der Waals surface area contributed by atoms with Crippen LogP contribution in [0.2, 0.25) is 0 Å². The maximum absolute atomic E-state index is 11.8. The highest BCUT2D eigenvalue weighted by molar-refractivity contribution is 5.72. The zero-order valence-electron chi connectivity index (χ0n) is 17.6. The van der Waals surface area contributed by atoms with E-state index in [2.05, 4.69) is 23.8 Å². The first kappa shape index (κ1) is 22.8. The third-order valence-electron chi connectivity index (χ3n) is 4.26. The first-order valence-electron chi connectivity index (χ1n) is 10.6. The molecule has 0 amide bonds. The van der Waals surface area contributed by atoms with Crippen LogP contribution in [0.3, 0.4) is 0 Å². The number of carbonyl (C=O) groups excluding carboxylic acids is 1. The van der Waals surface area contributed by atoms with E-state index in [1.807, 2.05) is 12.1 Å². The van der Waals surface area contributed by atoms with Gasteiger partial charge in [0.05, 0.1) is 19.0 Å². The summed E-state index contributed by atoms with van der Waals surface area (Å²) in [6, 6.07) is 7.23. The molecule has 6 heteroatoms. The zero-order chi connectivity index (χ0) is 20.7. The van der Waals surface area contributed by atoms with Gasteiger partial charge >= 0.3 is 5.97 Å². The summed E-state index contributed by atoms with van der Waals surface area (Å²) in [5, 5.41) is 0. The number of hydrogen-bond donors (Lipinski definition) is 0. The number of unbranched alkanes of at least 4 members (excludes halogenated alkanes) is 3. The van der Waals surface area contributed by atoms with Crippen LogP contribution in [0.25, 0.3) is 11.4 Å². The molecule has 0 saturated heterocycles. The summed E-state index contributed by atoms with van der Waals surface area (Å²) in [6.07, 6.45) is 9.76. The molecule has 2 aromatic rings. The number of nitrogens with zero attached hydrogens (tertiary/aromatic N) is 2. The molecule has 1 aromatic carbocycles. The Labute approximate surface area is 173 Å². The molecule has 0 atom stereocenters. The summed E-state index contributed by atoms with van der Waals surface area (Å²) in [5.74, 6) is 1.60. The molecule has 1 aromatic heterocycles. The minimum atomic E-state index is -0.194. The van der Waals surface area contributed by atoms with Crippen LogP contribution in [0.5, 0.6) is 11.5 Å². The number of carbonyl (C=O) groups is 1. The predicted molar refractivity (Wildman–Crippen MR) is 113 cm³/mol. The van der Waals surface area contributed by atoms with E-state index in [4.69, 9.17) is 14.2 Å². The molecule has 0 bridgehead atoms. The Bertz CT molecular complexity index is 702. The third-order valence-corrected chi connectivity index (χ3v) is 4.26. The molecule has 0 aliphatic rings. The lowest BCUT2D eigenvalue weighted by molar-refractivity contribution is -0.134. The molecular formula is C23H32N2O4. The average molecular weight is 401 g/mol. The van der Waals surface area contributed by atoms with E-state index >= 15 is 0 Å². The summed E-state index contributed by atoms with van der Waals surface area (Å²) < 4.78 is 16.5. The summed E-state index contributed by atoms with van der Waals surface area (Å²) in [4.78, 5) is 20.5. The number of ether oxygens (including phenoxy) is 3. The Kier molecular flexibility index (Phi) is 10.7. The molecule has 2 rings (SSSR count). The zero-order valence-corrected chi connectivity index (χ0v) is 17.6. The van der Waals surface area contributed by atoms with Crippen molar-refractivity contribution in [2.24, 2.45) is 0 Å². The second-order valence-electron chi connectivity index (χ2n) is 6.87. The fourth-order valence-corrected chi connectivity index (χ4v) is 2.66. The molecule has 0 saturated carbocycles. The number of esters is 1. The molecule has 0 radical (unpaired) electrons. The second kappa shape index (κ2) is 13.7. The molecule has 1 heterocycles. The Morgan fingerprint density at radius 2 is 1.55 bits per heavy atom. The normalized spacial score (nSPS) is 10.7. The van der Waals surface area contributed by atoms with E-state index in [1.165, 1.54) is 0 Å². The maximum atomic E-state index is 11.8. The van der Waals surface area contributed by atoms with Crippen molar-refractivity contribution in [2.45, 2.75) is 58.8 Å². The first-order valence-corrected chi connectivity index (χ1v) is 10.6. The van der Waals surface area contributed by atoms with Gasteiger partial charge < -0.3 is 14.2 Å². The van der Waals surface area contributed by atoms with Crippen LogP contribution < -0.4 is 9.47 Å². The van der Waals surface area contributed by atoms with Crippen molar-refractivity contribution < 1.29 is 19.0 Å². The minimum absolute atomic E-state index is 0.194. The summed E-state index contributed by atoms with van der Waals surface area (Å²) in [7, 11) is 0. The molecule has 0 N–H and O–H groups in total. The van der Waals surface area contributed by atoms with Gasteiger partial charge in [-0.3, -0.25) is 4.79 Å². The molecule has 0 spiro atoms. The molecule has 29 heavy (non-hydrogen) atoms. The Morgan fingerprint density at radius 3 is 2.24 bits per heavy atom. The summed E-state index contributed by atoms with van der Waals surface area (Å²) in [5.41, 5.74) is 0.857. The standard InChI is InChI=1S/C23H32N2O4/c1-3-5-6-9-22(26)29-20-12-10-19(11-13-20)23-24-17-21(18-25-23)28-16-8-7-15-27-14-4-2/h10-13,17-18H,3-9,14-16H2,1-2H3. The minimum Gasteiger partial charge on any atom is -0.490 e. The lowest BCUT2D eigenvalue weighted by atomic mass is 10.2. The van der Waals surface area contributed by atoms with Crippen LogP contribution >= 0.6 is 0 Å². The fourth-order valence-electron chi connectivity index (χ4n) is 2.66. The van der Waals surface area contributed by atoms with Crippen LogP contribution in [0.1, 0.15) is 58.8 Å². The topological polar surface area (TPSA) is 70.5 Å². The largest absolute Gasteiger partial charge is 0.490 e. The van der Waals surface area contributed by atoms with Gasteiger partial charge in [-0.1, -0.05) is 26.7 Å². The van der Waals surface area contributed by atoms with Gasteiger partial charge in [0.25, 0.3) is 0 Å². The van der Waals surface area contributed by atoms with Gasteiger partial charge in [-0.15, -0.1) is 0 Å². The van der Waals surface area contributed by atoms with E-state index in [0.29, 0.717) is 30.4 Å². The van der Waals surface area contributed by atoms with Crippen LogP contribution in [-0.2, 0) is 9.53 Å². The average Bonchev–Trinajstić information content (AvgIpc) is 2.74. The summed E-state index contributed by atoms with van der Waals surface area (Å²) in [6.45, 7) is 6.42.